The van der Waals surface area contributed by atoms with Crippen LogP contribution in [0.1, 0.15) is 23.2 Å². The van der Waals surface area contributed by atoms with Crippen LogP contribution in [-0.2, 0) is 19.4 Å². The molecule has 3 N–H and O–H groups in total. The number of rotatable bonds is 4. The van der Waals surface area contributed by atoms with Gasteiger partial charge in [0.15, 0.2) is 11.5 Å². The number of benzene rings is 2. The van der Waals surface area contributed by atoms with E-state index in [0.717, 1.165) is 75.3 Å². The van der Waals surface area contributed by atoms with E-state index in [2.05, 4.69) is 75.0 Å². The predicted octanol–water partition coefficient (Wildman–Crippen LogP) is 4.95. The standard InChI is InChI=1S/C28H23N7/c29-16-17-9-11-19(12-10-17)25-21(18-5-2-1-3-6-18)15-22-23(30-25)13-14-35-27(22)33-34-28(35)26-20-7-4-8-24(20)31-32-26/h1-3,5-6,9-15H,4,7-8,16,29H2,(H,31,32). The molecular weight excluding hydrogens is 434 g/mol. The third-order valence-corrected chi connectivity index (χ3v) is 6.94. The molecule has 35 heavy (non-hydrogen) atoms. The molecule has 0 unspecified atom stereocenters. The maximum atomic E-state index is 5.82. The van der Waals surface area contributed by atoms with Gasteiger partial charge in [-0.1, -0.05) is 54.6 Å². The molecule has 0 bridgehead atoms. The number of nitrogens with zero attached hydrogens (tertiary/aromatic N) is 5. The lowest BCUT2D eigenvalue weighted by Crippen LogP contribution is -1.97. The van der Waals surface area contributed by atoms with Crippen molar-refractivity contribution >= 4 is 16.6 Å². The maximum absolute atomic E-state index is 5.82. The van der Waals surface area contributed by atoms with Gasteiger partial charge in [0.05, 0.1) is 11.2 Å². The van der Waals surface area contributed by atoms with Crippen molar-refractivity contribution in [3.05, 3.63) is 89.7 Å². The number of aryl methyl sites for hydroxylation is 1. The van der Waals surface area contributed by atoms with Crippen molar-refractivity contribution in [2.45, 2.75) is 25.8 Å². The molecule has 0 amide bonds. The third-order valence-electron chi connectivity index (χ3n) is 6.94. The van der Waals surface area contributed by atoms with Gasteiger partial charge < -0.3 is 5.73 Å². The fourth-order valence-corrected chi connectivity index (χ4v) is 5.12. The maximum Gasteiger partial charge on any atom is 0.189 e. The van der Waals surface area contributed by atoms with Crippen LogP contribution in [0.3, 0.4) is 0 Å². The van der Waals surface area contributed by atoms with Crippen LogP contribution in [0.15, 0.2) is 72.9 Å². The van der Waals surface area contributed by atoms with Crippen LogP contribution in [0.25, 0.3) is 50.5 Å². The molecule has 4 aromatic heterocycles. The van der Waals surface area contributed by atoms with E-state index in [1.54, 1.807) is 0 Å². The molecule has 0 saturated carbocycles. The molecule has 170 valence electrons. The number of aromatic nitrogens is 6. The zero-order valence-electron chi connectivity index (χ0n) is 19.1. The summed E-state index contributed by atoms with van der Waals surface area (Å²) in [4.78, 5) is 5.12. The zero-order chi connectivity index (χ0) is 23.4. The van der Waals surface area contributed by atoms with Crippen LogP contribution in [0, 0.1) is 0 Å². The Bertz CT molecular complexity index is 1700. The number of hydrogen-bond acceptors (Lipinski definition) is 5. The largest absolute Gasteiger partial charge is 0.326 e. The van der Waals surface area contributed by atoms with Gasteiger partial charge in [-0.2, -0.15) is 5.10 Å². The number of fused-ring (bicyclic) bond motifs is 4. The van der Waals surface area contributed by atoms with Gasteiger partial charge in [0.1, 0.15) is 5.69 Å². The molecule has 0 saturated heterocycles. The van der Waals surface area contributed by atoms with Gasteiger partial charge in [-0.15, -0.1) is 10.2 Å². The Morgan fingerprint density at radius 2 is 1.74 bits per heavy atom. The van der Waals surface area contributed by atoms with Gasteiger partial charge in [0.2, 0.25) is 0 Å². The van der Waals surface area contributed by atoms with Gasteiger partial charge in [-0.3, -0.25) is 9.50 Å². The number of aromatic amines is 1. The highest BCUT2D eigenvalue weighted by Crippen LogP contribution is 2.36. The first kappa shape index (κ1) is 20.1. The SMILES string of the molecule is NCc1ccc(-c2nc3ccn4c(-c5n[nH]c6c5CCC6)nnc4c3cc2-c2ccccc2)cc1. The quantitative estimate of drug-likeness (QED) is 0.390. The van der Waals surface area contributed by atoms with Gasteiger partial charge in [-0.05, 0) is 42.5 Å². The van der Waals surface area contributed by atoms with Crippen molar-refractivity contribution in [1.82, 2.24) is 29.8 Å². The number of pyridine rings is 2. The van der Waals surface area contributed by atoms with Crippen LogP contribution in [0.5, 0.6) is 0 Å². The van der Waals surface area contributed by atoms with E-state index < -0.39 is 0 Å². The molecule has 0 spiro atoms. The Labute approximate surface area is 201 Å². The normalized spacial score (nSPS) is 13.1. The lowest BCUT2D eigenvalue weighted by atomic mass is 9.97. The first-order valence-electron chi connectivity index (χ1n) is 11.9. The van der Waals surface area contributed by atoms with Gasteiger partial charge >= 0.3 is 0 Å². The van der Waals surface area contributed by atoms with Crippen LogP contribution in [-0.4, -0.2) is 29.8 Å². The van der Waals surface area contributed by atoms with Crippen molar-refractivity contribution in [2.75, 3.05) is 0 Å². The van der Waals surface area contributed by atoms with Gasteiger partial charge in [-0.25, -0.2) is 4.98 Å². The van der Waals surface area contributed by atoms with Crippen molar-refractivity contribution in [2.24, 2.45) is 5.73 Å². The Morgan fingerprint density at radius 3 is 2.57 bits per heavy atom. The van der Waals surface area contributed by atoms with Crippen LogP contribution >= 0.6 is 0 Å². The molecule has 2 aromatic carbocycles. The Morgan fingerprint density at radius 1 is 0.886 bits per heavy atom. The van der Waals surface area contributed by atoms with E-state index >= 15 is 0 Å². The Kier molecular flexibility index (Phi) is 4.50. The molecule has 6 aromatic rings. The summed E-state index contributed by atoms with van der Waals surface area (Å²) < 4.78 is 2.03. The number of hydrogen-bond donors (Lipinski definition) is 2. The molecule has 7 rings (SSSR count). The topological polar surface area (TPSA) is 97.8 Å². The Hall–Kier alpha value is -4.36. The highest BCUT2D eigenvalue weighted by atomic mass is 15.3. The first-order valence-corrected chi connectivity index (χ1v) is 11.9. The Balaban J connectivity index is 1.46. The summed E-state index contributed by atoms with van der Waals surface area (Å²) in [6, 6.07) is 22.9. The summed E-state index contributed by atoms with van der Waals surface area (Å²) in [6.45, 7) is 0.517. The fourth-order valence-electron chi connectivity index (χ4n) is 5.12. The molecule has 0 atom stereocenters. The third kappa shape index (κ3) is 3.16. The van der Waals surface area contributed by atoms with E-state index in [9.17, 15) is 0 Å². The summed E-state index contributed by atoms with van der Waals surface area (Å²) in [6.07, 6.45) is 5.21. The first-order chi connectivity index (χ1) is 17.3. The van der Waals surface area contributed by atoms with Crippen molar-refractivity contribution in [1.29, 1.82) is 0 Å². The second-order valence-electron chi connectivity index (χ2n) is 9.00. The summed E-state index contributed by atoms with van der Waals surface area (Å²) in [5.74, 6) is 0.768. The lowest BCUT2D eigenvalue weighted by Gasteiger charge is -2.12. The van der Waals surface area contributed by atoms with Crippen molar-refractivity contribution in [3.63, 3.8) is 0 Å². The van der Waals surface area contributed by atoms with Crippen molar-refractivity contribution in [3.8, 4) is 33.9 Å². The minimum atomic E-state index is 0.517. The molecule has 7 heteroatoms. The second-order valence-corrected chi connectivity index (χ2v) is 9.00. The monoisotopic (exact) mass is 457 g/mol. The van der Waals surface area contributed by atoms with Crippen LogP contribution in [0.2, 0.25) is 0 Å². The number of H-pyrrole nitrogens is 1. The summed E-state index contributed by atoms with van der Waals surface area (Å²) >= 11 is 0. The predicted molar refractivity (Wildman–Crippen MR) is 137 cm³/mol. The fraction of sp³-hybridized carbons (Fsp3) is 0.143. The number of nitrogens with two attached hydrogens (primary N) is 1. The van der Waals surface area contributed by atoms with E-state index in [4.69, 9.17) is 10.7 Å². The molecule has 0 radical (unpaired) electrons. The lowest BCUT2D eigenvalue weighted by molar-refractivity contribution is 0.863. The van der Waals surface area contributed by atoms with Gasteiger partial charge in [0, 0.05) is 40.5 Å². The average molecular weight is 458 g/mol. The van der Waals surface area contributed by atoms with Crippen molar-refractivity contribution < 1.29 is 0 Å². The minimum Gasteiger partial charge on any atom is -0.326 e. The molecule has 1 aliphatic rings. The van der Waals surface area contributed by atoms with E-state index in [1.165, 1.54) is 11.3 Å². The average Bonchev–Trinajstić information content (AvgIpc) is 3.65. The van der Waals surface area contributed by atoms with Crippen LogP contribution in [0.4, 0.5) is 0 Å². The molecule has 0 fully saturated rings. The molecule has 0 aliphatic heterocycles. The smallest absolute Gasteiger partial charge is 0.189 e. The van der Waals surface area contributed by atoms with E-state index in [0.29, 0.717) is 6.54 Å². The second kappa shape index (κ2) is 7.85. The molecular formula is C28H23N7. The zero-order valence-corrected chi connectivity index (χ0v) is 19.1. The highest BCUT2D eigenvalue weighted by molar-refractivity contribution is 5.98. The van der Waals surface area contributed by atoms with E-state index in [-0.39, 0.29) is 0 Å². The summed E-state index contributed by atoms with van der Waals surface area (Å²) in [5.41, 5.74) is 16.1. The van der Waals surface area contributed by atoms with Gasteiger partial charge in [0.25, 0.3) is 0 Å². The molecule has 1 aliphatic carbocycles. The van der Waals surface area contributed by atoms with E-state index in [1.807, 2.05) is 22.7 Å². The molecule has 4 heterocycles. The highest BCUT2D eigenvalue weighted by Gasteiger charge is 2.23. The molecule has 7 nitrogen and oxygen atoms in total. The summed E-state index contributed by atoms with van der Waals surface area (Å²) in [7, 11) is 0. The number of nitrogens with one attached hydrogen (secondary N) is 1. The minimum absolute atomic E-state index is 0.517. The van der Waals surface area contributed by atoms with Crippen LogP contribution < -0.4 is 5.73 Å². The summed E-state index contributed by atoms with van der Waals surface area (Å²) in [5, 5.41) is 17.9.